The summed E-state index contributed by atoms with van der Waals surface area (Å²) in [6, 6.07) is 10.7. The summed E-state index contributed by atoms with van der Waals surface area (Å²) >= 11 is 3.53. The van der Waals surface area contributed by atoms with Crippen LogP contribution in [0, 0.1) is 0 Å². The van der Waals surface area contributed by atoms with E-state index in [1.165, 1.54) is 21.2 Å². The molecule has 0 aliphatic rings. The molecular formula is C14H10S2. The van der Waals surface area contributed by atoms with Gasteiger partial charge in [0, 0.05) is 4.70 Å². The molecule has 0 amide bonds. The van der Waals surface area contributed by atoms with Crippen LogP contribution in [0.1, 0.15) is 11.1 Å². The molecule has 0 bridgehead atoms. The lowest BCUT2D eigenvalue weighted by Gasteiger charge is -1.90. The quantitative estimate of drug-likeness (QED) is 0.584. The van der Waals surface area contributed by atoms with Crippen LogP contribution >= 0.6 is 22.7 Å². The van der Waals surface area contributed by atoms with Crippen molar-refractivity contribution in [2.24, 2.45) is 0 Å². The highest BCUT2D eigenvalue weighted by Gasteiger charge is 1.99. The molecule has 78 valence electrons. The zero-order chi connectivity index (χ0) is 10.8. The fraction of sp³-hybridized carbons (Fsp3) is 0. The lowest BCUT2D eigenvalue weighted by molar-refractivity contribution is 1.83. The molecule has 0 aliphatic heterocycles. The van der Waals surface area contributed by atoms with Crippen LogP contribution in [-0.4, -0.2) is 0 Å². The molecule has 0 spiro atoms. The van der Waals surface area contributed by atoms with Crippen LogP contribution in [0.4, 0.5) is 0 Å². The summed E-state index contributed by atoms with van der Waals surface area (Å²) in [7, 11) is 0. The van der Waals surface area contributed by atoms with Gasteiger partial charge >= 0.3 is 0 Å². The van der Waals surface area contributed by atoms with Gasteiger partial charge in [-0.3, -0.25) is 0 Å². The zero-order valence-corrected chi connectivity index (χ0v) is 10.2. The van der Waals surface area contributed by atoms with E-state index in [9.17, 15) is 0 Å². The number of fused-ring (bicyclic) bond motifs is 1. The molecule has 0 saturated heterocycles. The Hall–Kier alpha value is -1.38. The molecule has 2 aromatic heterocycles. The molecule has 2 heterocycles. The van der Waals surface area contributed by atoms with Crippen molar-refractivity contribution in [1.29, 1.82) is 0 Å². The second kappa shape index (κ2) is 4.24. The monoisotopic (exact) mass is 242 g/mol. The molecule has 0 N–H and O–H groups in total. The minimum Gasteiger partial charge on any atom is -0.152 e. The van der Waals surface area contributed by atoms with Gasteiger partial charge in [0.1, 0.15) is 0 Å². The highest BCUT2D eigenvalue weighted by Crippen LogP contribution is 2.27. The molecule has 0 saturated carbocycles. The molecule has 3 rings (SSSR count). The summed E-state index contributed by atoms with van der Waals surface area (Å²) in [5, 5.41) is 7.82. The van der Waals surface area contributed by atoms with Crippen molar-refractivity contribution in [3.8, 4) is 0 Å². The Morgan fingerprint density at radius 2 is 1.88 bits per heavy atom. The number of hydrogen-bond acceptors (Lipinski definition) is 2. The third-order valence-electron chi connectivity index (χ3n) is 2.51. The number of benzene rings is 1. The Labute approximate surface area is 102 Å². The van der Waals surface area contributed by atoms with Gasteiger partial charge in [0.15, 0.2) is 0 Å². The summed E-state index contributed by atoms with van der Waals surface area (Å²) in [5.41, 5.74) is 2.59. The second-order valence-corrected chi connectivity index (χ2v) is 5.27. The highest BCUT2D eigenvalue weighted by molar-refractivity contribution is 7.17. The molecule has 0 radical (unpaired) electrons. The van der Waals surface area contributed by atoms with Crippen molar-refractivity contribution >= 4 is 44.9 Å². The molecule has 0 fully saturated rings. The van der Waals surface area contributed by atoms with Crippen LogP contribution in [0.25, 0.3) is 22.2 Å². The topological polar surface area (TPSA) is 0 Å². The number of hydrogen-bond donors (Lipinski definition) is 0. The Morgan fingerprint density at radius 1 is 0.938 bits per heavy atom. The fourth-order valence-corrected chi connectivity index (χ4v) is 3.24. The van der Waals surface area contributed by atoms with Crippen LogP contribution in [0.5, 0.6) is 0 Å². The summed E-state index contributed by atoms with van der Waals surface area (Å²) in [4.78, 5) is 0. The van der Waals surface area contributed by atoms with Gasteiger partial charge in [-0.2, -0.15) is 11.3 Å². The molecule has 3 aromatic rings. The minimum absolute atomic E-state index is 1.28. The van der Waals surface area contributed by atoms with Gasteiger partial charge < -0.3 is 0 Å². The first-order valence-electron chi connectivity index (χ1n) is 5.10. The first kappa shape index (κ1) is 9.82. The Morgan fingerprint density at radius 3 is 2.75 bits per heavy atom. The van der Waals surface area contributed by atoms with Gasteiger partial charge in [-0.05, 0) is 44.8 Å². The van der Waals surface area contributed by atoms with Crippen molar-refractivity contribution in [2.45, 2.75) is 0 Å². The van der Waals surface area contributed by atoms with Crippen molar-refractivity contribution in [3.63, 3.8) is 0 Å². The molecule has 0 atom stereocenters. The van der Waals surface area contributed by atoms with E-state index in [-0.39, 0.29) is 0 Å². The second-order valence-electron chi connectivity index (χ2n) is 3.58. The molecule has 2 heteroatoms. The maximum atomic E-state index is 2.22. The average molecular weight is 242 g/mol. The fourth-order valence-electron chi connectivity index (χ4n) is 1.68. The van der Waals surface area contributed by atoms with E-state index < -0.39 is 0 Å². The molecule has 0 unspecified atom stereocenters. The smallest absolute Gasteiger partial charge is 0.0348 e. The van der Waals surface area contributed by atoms with Crippen LogP contribution in [0.15, 0.2) is 46.5 Å². The summed E-state index contributed by atoms with van der Waals surface area (Å²) in [6.45, 7) is 0. The Kier molecular flexibility index (Phi) is 2.60. The van der Waals surface area contributed by atoms with Gasteiger partial charge in [0.2, 0.25) is 0 Å². The van der Waals surface area contributed by atoms with E-state index in [4.69, 9.17) is 0 Å². The van der Waals surface area contributed by atoms with Crippen molar-refractivity contribution < 1.29 is 0 Å². The summed E-state index contributed by atoms with van der Waals surface area (Å²) in [6.07, 6.45) is 4.37. The normalized spacial score (nSPS) is 11.5. The van der Waals surface area contributed by atoms with E-state index in [0.717, 1.165) is 0 Å². The first-order chi connectivity index (χ1) is 7.93. The van der Waals surface area contributed by atoms with Crippen molar-refractivity contribution in [1.82, 2.24) is 0 Å². The van der Waals surface area contributed by atoms with Gasteiger partial charge in [-0.1, -0.05) is 30.4 Å². The third-order valence-corrected chi connectivity index (χ3v) is 4.19. The summed E-state index contributed by atoms with van der Waals surface area (Å²) < 4.78 is 1.35. The molecule has 0 aliphatic carbocycles. The predicted molar refractivity (Wildman–Crippen MR) is 75.1 cm³/mol. The largest absolute Gasteiger partial charge is 0.152 e. The van der Waals surface area contributed by atoms with Crippen molar-refractivity contribution in [2.75, 3.05) is 0 Å². The first-order valence-corrected chi connectivity index (χ1v) is 6.92. The van der Waals surface area contributed by atoms with Crippen molar-refractivity contribution in [3.05, 3.63) is 57.6 Å². The van der Waals surface area contributed by atoms with Crippen LogP contribution in [0.3, 0.4) is 0 Å². The van der Waals surface area contributed by atoms with Gasteiger partial charge in [0.25, 0.3) is 0 Å². The zero-order valence-electron chi connectivity index (χ0n) is 8.59. The van der Waals surface area contributed by atoms with E-state index in [1.54, 1.807) is 22.7 Å². The lowest BCUT2D eigenvalue weighted by Crippen LogP contribution is -1.67. The predicted octanol–water partition coefficient (Wildman–Crippen LogP) is 5.13. The van der Waals surface area contributed by atoms with Crippen LogP contribution in [-0.2, 0) is 0 Å². The van der Waals surface area contributed by atoms with Gasteiger partial charge in [-0.25, -0.2) is 0 Å². The molecular weight excluding hydrogens is 232 g/mol. The lowest BCUT2D eigenvalue weighted by atomic mass is 10.1. The molecule has 16 heavy (non-hydrogen) atoms. The minimum atomic E-state index is 1.28. The average Bonchev–Trinajstić information content (AvgIpc) is 2.96. The van der Waals surface area contributed by atoms with Crippen LogP contribution < -0.4 is 0 Å². The molecule has 0 nitrogen and oxygen atoms in total. The van der Waals surface area contributed by atoms with Gasteiger partial charge in [-0.15, -0.1) is 11.3 Å². The van der Waals surface area contributed by atoms with E-state index in [1.807, 2.05) is 0 Å². The third kappa shape index (κ3) is 1.82. The number of thiophene rings is 2. The Bertz CT molecular complexity index is 615. The standard InChI is InChI=1S/C14H10S2/c1-2-4-14-13(3-1)12(10-16-14)6-5-11-7-8-15-9-11/h1-10H/b6-5+. The molecule has 1 aromatic carbocycles. The maximum absolute atomic E-state index is 2.22. The van der Waals surface area contributed by atoms with Crippen LogP contribution in [0.2, 0.25) is 0 Å². The number of rotatable bonds is 2. The van der Waals surface area contributed by atoms with E-state index in [2.05, 4.69) is 58.6 Å². The summed E-state index contributed by atoms with van der Waals surface area (Å²) in [5.74, 6) is 0. The maximum Gasteiger partial charge on any atom is 0.0348 e. The van der Waals surface area contributed by atoms with E-state index >= 15 is 0 Å². The highest BCUT2D eigenvalue weighted by atomic mass is 32.1. The van der Waals surface area contributed by atoms with Gasteiger partial charge in [0.05, 0.1) is 0 Å². The Balaban J connectivity index is 2.01. The SMILES string of the molecule is C(=C\c1csc2ccccc12)/c1ccsc1. The van der Waals surface area contributed by atoms with E-state index in [0.29, 0.717) is 0 Å².